The van der Waals surface area contributed by atoms with E-state index in [-0.39, 0.29) is 10.8 Å². The predicted octanol–water partition coefficient (Wildman–Crippen LogP) is 4.23. The maximum absolute atomic E-state index is 12.6. The number of unbranched alkanes of at least 4 members (excludes halogenated alkanes) is 1. The lowest BCUT2D eigenvalue weighted by atomic mass is 10.1. The fraction of sp³-hybridized carbons (Fsp3) is 0.316. The zero-order valence-corrected chi connectivity index (χ0v) is 17.2. The van der Waals surface area contributed by atoms with Gasteiger partial charge in [-0.25, -0.2) is 8.42 Å². The number of anilines is 1. The molecule has 140 valence electrons. The van der Waals surface area contributed by atoms with Gasteiger partial charge in [0.05, 0.1) is 4.90 Å². The number of aryl methyl sites for hydroxylation is 1. The van der Waals surface area contributed by atoms with E-state index in [0.717, 1.165) is 22.9 Å². The van der Waals surface area contributed by atoms with Crippen molar-refractivity contribution in [3.63, 3.8) is 0 Å². The first-order valence-electron chi connectivity index (χ1n) is 8.47. The molecule has 0 aliphatic carbocycles. The molecule has 1 amide bonds. The van der Waals surface area contributed by atoms with Crippen LogP contribution < -0.4 is 10.0 Å². The molecule has 0 aliphatic rings. The van der Waals surface area contributed by atoms with Gasteiger partial charge in [-0.15, -0.1) is 0 Å². The van der Waals surface area contributed by atoms with Gasteiger partial charge in [0.1, 0.15) is 6.04 Å². The van der Waals surface area contributed by atoms with Crippen LogP contribution >= 0.6 is 15.9 Å². The minimum Gasteiger partial charge on any atom is -0.325 e. The van der Waals surface area contributed by atoms with E-state index in [2.05, 4.69) is 26.0 Å². The average Bonchev–Trinajstić information content (AvgIpc) is 2.61. The molecule has 26 heavy (non-hydrogen) atoms. The number of carbonyl (C=O) groups is 1. The number of hydrogen-bond acceptors (Lipinski definition) is 3. The first kappa shape index (κ1) is 20.6. The van der Waals surface area contributed by atoms with Crippen LogP contribution in [0.2, 0.25) is 0 Å². The Bertz CT molecular complexity index is 834. The topological polar surface area (TPSA) is 75.3 Å². The first-order chi connectivity index (χ1) is 12.3. The van der Waals surface area contributed by atoms with Gasteiger partial charge < -0.3 is 5.32 Å². The summed E-state index contributed by atoms with van der Waals surface area (Å²) in [6.45, 7) is 3.89. The number of benzene rings is 2. The highest BCUT2D eigenvalue weighted by molar-refractivity contribution is 9.10. The largest absolute Gasteiger partial charge is 0.325 e. The van der Waals surface area contributed by atoms with E-state index in [4.69, 9.17) is 0 Å². The van der Waals surface area contributed by atoms with Crippen LogP contribution in [0.25, 0.3) is 0 Å². The summed E-state index contributed by atoms with van der Waals surface area (Å²) in [6.07, 6.45) is 2.05. The van der Waals surface area contributed by atoms with E-state index in [1.165, 1.54) is 0 Å². The Kier molecular flexibility index (Phi) is 7.37. The van der Waals surface area contributed by atoms with Crippen molar-refractivity contribution in [2.75, 3.05) is 5.32 Å². The van der Waals surface area contributed by atoms with Crippen molar-refractivity contribution in [3.05, 3.63) is 58.6 Å². The third-order valence-corrected chi connectivity index (χ3v) is 5.92. The molecule has 0 spiro atoms. The second kappa shape index (κ2) is 9.30. The number of halogens is 1. The third kappa shape index (κ3) is 5.93. The fourth-order valence-corrected chi connectivity index (χ4v) is 3.88. The zero-order valence-electron chi connectivity index (χ0n) is 14.8. The number of nitrogens with one attached hydrogen (secondary N) is 2. The van der Waals surface area contributed by atoms with Gasteiger partial charge >= 0.3 is 0 Å². The van der Waals surface area contributed by atoms with E-state index in [1.54, 1.807) is 36.4 Å². The molecule has 0 radical (unpaired) electrons. The van der Waals surface area contributed by atoms with Crippen LogP contribution in [-0.2, 0) is 14.8 Å². The molecule has 0 aliphatic heterocycles. The molecule has 0 fully saturated rings. The average molecular weight is 439 g/mol. The van der Waals surface area contributed by atoms with E-state index < -0.39 is 16.1 Å². The van der Waals surface area contributed by atoms with Crippen molar-refractivity contribution in [2.45, 2.75) is 44.0 Å². The minimum absolute atomic E-state index is 0.154. The van der Waals surface area contributed by atoms with Crippen LogP contribution in [0, 0.1) is 6.92 Å². The molecule has 0 heterocycles. The number of amides is 1. The lowest BCUT2D eigenvalue weighted by molar-refractivity contribution is -0.117. The second-order valence-corrected chi connectivity index (χ2v) is 8.75. The smallest absolute Gasteiger partial charge is 0.242 e. The van der Waals surface area contributed by atoms with Crippen molar-refractivity contribution in [2.24, 2.45) is 0 Å². The van der Waals surface area contributed by atoms with Gasteiger partial charge in [-0.2, -0.15) is 4.72 Å². The molecule has 2 rings (SSSR count). The molecule has 1 unspecified atom stereocenters. The Labute approximate surface area is 163 Å². The van der Waals surface area contributed by atoms with E-state index >= 15 is 0 Å². The summed E-state index contributed by atoms with van der Waals surface area (Å²) in [7, 11) is -3.77. The molecule has 0 aromatic heterocycles. The number of hydrogen-bond donors (Lipinski definition) is 2. The van der Waals surface area contributed by atoms with E-state index in [1.807, 2.05) is 26.0 Å². The maximum Gasteiger partial charge on any atom is 0.242 e. The summed E-state index contributed by atoms with van der Waals surface area (Å²) in [5.74, 6) is -0.364. The second-order valence-electron chi connectivity index (χ2n) is 6.13. The van der Waals surface area contributed by atoms with Gasteiger partial charge in [0, 0.05) is 10.2 Å². The molecule has 1 atom stereocenters. The van der Waals surface area contributed by atoms with Crippen LogP contribution in [0.4, 0.5) is 5.69 Å². The van der Waals surface area contributed by atoms with Crippen molar-refractivity contribution < 1.29 is 13.2 Å². The quantitative estimate of drug-likeness (QED) is 0.647. The van der Waals surface area contributed by atoms with Gasteiger partial charge in [-0.1, -0.05) is 53.4 Å². The Morgan fingerprint density at radius 3 is 2.27 bits per heavy atom. The Balaban J connectivity index is 2.16. The molecular formula is C19H23BrN2O3S. The van der Waals surface area contributed by atoms with Gasteiger partial charge in [0.15, 0.2) is 0 Å². The molecule has 2 aromatic rings. The molecule has 5 nitrogen and oxygen atoms in total. The SMILES string of the molecule is CCCCC(NS(=O)(=O)c1ccc(C)cc1)C(=O)Nc1ccc(Br)cc1. The summed E-state index contributed by atoms with van der Waals surface area (Å²) in [5, 5.41) is 2.77. The van der Waals surface area contributed by atoms with Crippen LogP contribution in [0.1, 0.15) is 31.7 Å². The van der Waals surface area contributed by atoms with Gasteiger partial charge in [-0.3, -0.25) is 4.79 Å². The lowest BCUT2D eigenvalue weighted by Gasteiger charge is -2.18. The summed E-state index contributed by atoms with van der Waals surface area (Å²) in [4.78, 5) is 12.8. The normalized spacial score (nSPS) is 12.6. The maximum atomic E-state index is 12.6. The van der Waals surface area contributed by atoms with Crippen molar-refractivity contribution >= 4 is 37.5 Å². The monoisotopic (exact) mass is 438 g/mol. The van der Waals surface area contributed by atoms with E-state index in [0.29, 0.717) is 12.1 Å². The van der Waals surface area contributed by atoms with Crippen LogP contribution in [0.5, 0.6) is 0 Å². The summed E-state index contributed by atoms with van der Waals surface area (Å²) in [6, 6.07) is 12.9. The first-order valence-corrected chi connectivity index (χ1v) is 10.7. The fourth-order valence-electron chi connectivity index (χ4n) is 2.39. The highest BCUT2D eigenvalue weighted by Crippen LogP contribution is 2.16. The molecule has 0 saturated carbocycles. The molecule has 2 aromatic carbocycles. The van der Waals surface area contributed by atoms with Gasteiger partial charge in [0.2, 0.25) is 15.9 Å². The molecule has 2 N–H and O–H groups in total. The van der Waals surface area contributed by atoms with Crippen LogP contribution in [0.15, 0.2) is 57.9 Å². The Morgan fingerprint density at radius 1 is 1.08 bits per heavy atom. The minimum atomic E-state index is -3.77. The zero-order chi connectivity index (χ0) is 19.2. The number of carbonyl (C=O) groups excluding carboxylic acids is 1. The lowest BCUT2D eigenvalue weighted by Crippen LogP contribution is -2.43. The predicted molar refractivity (Wildman–Crippen MR) is 108 cm³/mol. The molecule has 0 bridgehead atoms. The summed E-state index contributed by atoms with van der Waals surface area (Å²) in [5.41, 5.74) is 1.59. The molecule has 0 saturated heterocycles. The molecule has 7 heteroatoms. The van der Waals surface area contributed by atoms with Crippen molar-refractivity contribution in [3.8, 4) is 0 Å². The summed E-state index contributed by atoms with van der Waals surface area (Å²) >= 11 is 3.34. The van der Waals surface area contributed by atoms with Gasteiger partial charge in [-0.05, 0) is 49.7 Å². The van der Waals surface area contributed by atoms with Crippen molar-refractivity contribution in [1.82, 2.24) is 4.72 Å². The Morgan fingerprint density at radius 2 is 1.69 bits per heavy atom. The highest BCUT2D eigenvalue weighted by atomic mass is 79.9. The van der Waals surface area contributed by atoms with Crippen LogP contribution in [-0.4, -0.2) is 20.4 Å². The van der Waals surface area contributed by atoms with Crippen molar-refractivity contribution in [1.29, 1.82) is 0 Å². The number of rotatable bonds is 8. The van der Waals surface area contributed by atoms with Gasteiger partial charge in [0.25, 0.3) is 0 Å². The van der Waals surface area contributed by atoms with Crippen LogP contribution in [0.3, 0.4) is 0 Å². The van der Waals surface area contributed by atoms with E-state index in [9.17, 15) is 13.2 Å². The summed E-state index contributed by atoms with van der Waals surface area (Å²) < 4.78 is 28.7. The number of sulfonamides is 1. The molecular weight excluding hydrogens is 416 g/mol. The Hall–Kier alpha value is -1.70. The standard InChI is InChI=1S/C19H23BrN2O3S/c1-3-4-5-18(19(23)21-16-10-8-15(20)9-11-16)22-26(24,25)17-12-6-14(2)7-13-17/h6-13,18,22H,3-5H2,1-2H3,(H,21,23). The third-order valence-electron chi connectivity index (χ3n) is 3.90. The highest BCUT2D eigenvalue weighted by Gasteiger charge is 2.25.